The minimum Gasteiger partial charge on any atom is -0.341 e. The number of nitrogens with zero attached hydrogens (tertiary/aromatic N) is 1. The molecular weight excluding hydrogens is 296 g/mol. The third-order valence-electron chi connectivity index (χ3n) is 3.93. The highest BCUT2D eigenvalue weighted by Crippen LogP contribution is 2.22. The van der Waals surface area contributed by atoms with E-state index in [4.69, 9.17) is 0 Å². The summed E-state index contributed by atoms with van der Waals surface area (Å²) < 4.78 is 0. The fourth-order valence-electron chi connectivity index (χ4n) is 2.88. The SMILES string of the molecule is Cc1cc(C)cc(C(=O)NC(c2ccccc2)c2ccncc2)c1. The molecule has 24 heavy (non-hydrogen) atoms. The Morgan fingerprint density at radius 2 is 1.46 bits per heavy atom. The fourth-order valence-corrected chi connectivity index (χ4v) is 2.88. The van der Waals surface area contributed by atoms with Gasteiger partial charge >= 0.3 is 0 Å². The lowest BCUT2D eigenvalue weighted by Crippen LogP contribution is -2.29. The van der Waals surface area contributed by atoms with Crippen molar-refractivity contribution in [3.05, 3.63) is 101 Å². The monoisotopic (exact) mass is 316 g/mol. The molecule has 3 nitrogen and oxygen atoms in total. The molecule has 0 bridgehead atoms. The summed E-state index contributed by atoms with van der Waals surface area (Å²) in [6.07, 6.45) is 3.49. The Kier molecular flexibility index (Phi) is 4.71. The van der Waals surface area contributed by atoms with Crippen LogP contribution in [0.2, 0.25) is 0 Å². The molecule has 1 atom stereocenters. The maximum atomic E-state index is 12.8. The molecule has 3 heteroatoms. The topological polar surface area (TPSA) is 42.0 Å². The zero-order chi connectivity index (χ0) is 16.9. The number of carbonyl (C=O) groups is 1. The number of benzene rings is 2. The summed E-state index contributed by atoms with van der Waals surface area (Å²) in [7, 11) is 0. The Morgan fingerprint density at radius 1 is 0.875 bits per heavy atom. The van der Waals surface area contributed by atoms with Crippen LogP contribution < -0.4 is 5.32 Å². The van der Waals surface area contributed by atoms with Gasteiger partial charge in [-0.2, -0.15) is 0 Å². The van der Waals surface area contributed by atoms with E-state index < -0.39 is 0 Å². The van der Waals surface area contributed by atoms with Crippen molar-refractivity contribution in [2.24, 2.45) is 0 Å². The molecule has 2 aromatic carbocycles. The van der Waals surface area contributed by atoms with Gasteiger partial charge in [0.05, 0.1) is 6.04 Å². The van der Waals surface area contributed by atoms with Crippen LogP contribution >= 0.6 is 0 Å². The zero-order valence-corrected chi connectivity index (χ0v) is 13.9. The van der Waals surface area contributed by atoms with E-state index in [0.717, 1.165) is 22.3 Å². The van der Waals surface area contributed by atoms with E-state index in [-0.39, 0.29) is 11.9 Å². The summed E-state index contributed by atoms with van der Waals surface area (Å²) in [5.74, 6) is -0.0764. The van der Waals surface area contributed by atoms with Gasteiger partial charge in [0.15, 0.2) is 0 Å². The molecule has 0 fully saturated rings. The van der Waals surface area contributed by atoms with Crippen molar-refractivity contribution in [1.82, 2.24) is 10.3 Å². The van der Waals surface area contributed by atoms with E-state index in [1.807, 2.05) is 68.4 Å². The molecule has 120 valence electrons. The number of amides is 1. The molecule has 0 radical (unpaired) electrons. The van der Waals surface area contributed by atoms with Gasteiger partial charge in [-0.1, -0.05) is 47.5 Å². The van der Waals surface area contributed by atoms with Crippen molar-refractivity contribution >= 4 is 5.91 Å². The summed E-state index contributed by atoms with van der Waals surface area (Å²) in [6.45, 7) is 4.00. The van der Waals surface area contributed by atoms with Crippen LogP contribution in [0.25, 0.3) is 0 Å². The van der Waals surface area contributed by atoms with Crippen LogP contribution in [0, 0.1) is 13.8 Å². The molecular formula is C21H20N2O. The summed E-state index contributed by atoms with van der Waals surface area (Å²) in [6, 6.07) is 19.5. The van der Waals surface area contributed by atoms with Crippen LogP contribution in [0.15, 0.2) is 73.1 Å². The van der Waals surface area contributed by atoms with Gasteiger partial charge in [-0.05, 0) is 49.2 Å². The molecule has 0 aliphatic rings. The Bertz CT molecular complexity index is 769. The normalized spacial score (nSPS) is 11.8. The van der Waals surface area contributed by atoms with Crippen molar-refractivity contribution in [3.63, 3.8) is 0 Å². The number of hydrogen-bond donors (Lipinski definition) is 1. The first-order chi connectivity index (χ1) is 11.6. The number of aryl methyl sites for hydroxylation is 2. The van der Waals surface area contributed by atoms with Crippen LogP contribution in [0.5, 0.6) is 0 Å². The lowest BCUT2D eigenvalue weighted by Gasteiger charge is -2.20. The van der Waals surface area contributed by atoms with Crippen molar-refractivity contribution in [2.75, 3.05) is 0 Å². The second kappa shape index (κ2) is 7.09. The molecule has 0 aliphatic heterocycles. The van der Waals surface area contributed by atoms with Crippen LogP contribution in [0.4, 0.5) is 0 Å². The number of rotatable bonds is 4. The number of pyridine rings is 1. The van der Waals surface area contributed by atoms with E-state index in [2.05, 4.69) is 16.4 Å². The van der Waals surface area contributed by atoms with E-state index in [9.17, 15) is 4.79 Å². The first-order valence-corrected chi connectivity index (χ1v) is 7.97. The first kappa shape index (κ1) is 15.9. The molecule has 1 heterocycles. The predicted molar refractivity (Wildman–Crippen MR) is 95.9 cm³/mol. The third-order valence-corrected chi connectivity index (χ3v) is 3.93. The van der Waals surface area contributed by atoms with Gasteiger partial charge in [-0.25, -0.2) is 0 Å². The van der Waals surface area contributed by atoms with Gasteiger partial charge in [-0.15, -0.1) is 0 Å². The lowest BCUT2D eigenvalue weighted by atomic mass is 9.99. The zero-order valence-electron chi connectivity index (χ0n) is 13.9. The fraction of sp³-hybridized carbons (Fsp3) is 0.143. The molecule has 3 aromatic rings. The second-order valence-electron chi connectivity index (χ2n) is 5.97. The van der Waals surface area contributed by atoms with E-state index in [1.54, 1.807) is 12.4 Å². The molecule has 0 saturated carbocycles. The van der Waals surface area contributed by atoms with Gasteiger partial charge < -0.3 is 5.32 Å². The van der Waals surface area contributed by atoms with Crippen molar-refractivity contribution in [1.29, 1.82) is 0 Å². The van der Waals surface area contributed by atoms with Gasteiger partial charge in [-0.3, -0.25) is 9.78 Å². The van der Waals surface area contributed by atoms with E-state index in [1.165, 1.54) is 0 Å². The summed E-state index contributed by atoms with van der Waals surface area (Å²) in [5, 5.41) is 3.15. The maximum Gasteiger partial charge on any atom is 0.252 e. The molecule has 0 saturated heterocycles. The Morgan fingerprint density at radius 3 is 2.08 bits per heavy atom. The van der Waals surface area contributed by atoms with Crippen LogP contribution in [0.3, 0.4) is 0 Å². The summed E-state index contributed by atoms with van der Waals surface area (Å²) in [5.41, 5.74) is 4.90. The standard InChI is InChI=1S/C21H20N2O/c1-15-12-16(2)14-19(13-15)21(24)23-20(17-6-4-3-5-7-17)18-8-10-22-11-9-18/h3-14,20H,1-2H3,(H,23,24). The highest BCUT2D eigenvalue weighted by Gasteiger charge is 2.18. The van der Waals surface area contributed by atoms with E-state index >= 15 is 0 Å². The maximum absolute atomic E-state index is 12.8. The average Bonchev–Trinajstić information content (AvgIpc) is 2.60. The second-order valence-corrected chi connectivity index (χ2v) is 5.97. The smallest absolute Gasteiger partial charge is 0.252 e. The number of carbonyl (C=O) groups excluding carboxylic acids is 1. The molecule has 1 unspecified atom stereocenters. The highest BCUT2D eigenvalue weighted by molar-refractivity contribution is 5.95. The minimum atomic E-state index is -0.206. The van der Waals surface area contributed by atoms with Crippen LogP contribution in [0.1, 0.15) is 38.7 Å². The van der Waals surface area contributed by atoms with Gasteiger partial charge in [0.25, 0.3) is 5.91 Å². The Balaban J connectivity index is 1.93. The van der Waals surface area contributed by atoms with Gasteiger partial charge in [0.1, 0.15) is 0 Å². The van der Waals surface area contributed by atoms with Crippen molar-refractivity contribution in [2.45, 2.75) is 19.9 Å². The molecule has 1 amide bonds. The lowest BCUT2D eigenvalue weighted by molar-refractivity contribution is 0.0943. The molecule has 1 N–H and O–H groups in total. The van der Waals surface area contributed by atoms with Crippen molar-refractivity contribution in [3.8, 4) is 0 Å². The molecule has 1 aromatic heterocycles. The molecule has 0 aliphatic carbocycles. The van der Waals surface area contributed by atoms with Crippen LogP contribution in [-0.2, 0) is 0 Å². The average molecular weight is 316 g/mol. The van der Waals surface area contributed by atoms with Crippen molar-refractivity contribution < 1.29 is 4.79 Å². The Hall–Kier alpha value is -2.94. The minimum absolute atomic E-state index is 0.0764. The number of hydrogen-bond acceptors (Lipinski definition) is 2. The van der Waals surface area contributed by atoms with Crippen LogP contribution in [-0.4, -0.2) is 10.9 Å². The van der Waals surface area contributed by atoms with E-state index in [0.29, 0.717) is 5.56 Å². The summed E-state index contributed by atoms with van der Waals surface area (Å²) in [4.78, 5) is 16.8. The first-order valence-electron chi connectivity index (χ1n) is 7.97. The largest absolute Gasteiger partial charge is 0.341 e. The third kappa shape index (κ3) is 3.69. The highest BCUT2D eigenvalue weighted by atomic mass is 16.1. The quantitative estimate of drug-likeness (QED) is 0.783. The number of nitrogens with one attached hydrogen (secondary N) is 1. The number of aromatic nitrogens is 1. The van der Waals surface area contributed by atoms with Gasteiger partial charge in [0.2, 0.25) is 0 Å². The predicted octanol–water partition coefficient (Wildman–Crippen LogP) is 4.22. The van der Waals surface area contributed by atoms with Gasteiger partial charge in [0, 0.05) is 18.0 Å². The molecule has 0 spiro atoms. The summed E-state index contributed by atoms with van der Waals surface area (Å²) >= 11 is 0. The molecule has 3 rings (SSSR count). The Labute approximate surface area is 142 Å².